The van der Waals surface area contributed by atoms with Crippen LogP contribution in [-0.2, 0) is 14.3 Å². The summed E-state index contributed by atoms with van der Waals surface area (Å²) in [7, 11) is 1.35. The Morgan fingerprint density at radius 3 is 2.34 bits per heavy atom. The predicted octanol–water partition coefficient (Wildman–Crippen LogP) is 4.57. The highest BCUT2D eigenvalue weighted by Gasteiger charge is 2.37. The molecule has 0 saturated carbocycles. The molecule has 2 aromatic carbocycles. The van der Waals surface area contributed by atoms with E-state index in [-0.39, 0.29) is 17.4 Å². The zero-order valence-corrected chi connectivity index (χ0v) is 24.4. The lowest BCUT2D eigenvalue weighted by Crippen LogP contribution is -2.51. The molecule has 0 N–H and O–H groups in total. The second-order valence-corrected chi connectivity index (χ2v) is 11.1. The van der Waals surface area contributed by atoms with Crippen LogP contribution in [0.15, 0.2) is 59.5 Å². The maximum atomic E-state index is 13.2. The molecule has 3 amide bonds. The van der Waals surface area contributed by atoms with E-state index in [4.69, 9.17) is 4.74 Å². The number of piperazine rings is 1. The van der Waals surface area contributed by atoms with Crippen LogP contribution >= 0.6 is 11.8 Å². The van der Waals surface area contributed by atoms with Gasteiger partial charge in [0.05, 0.1) is 17.6 Å². The van der Waals surface area contributed by atoms with Crippen LogP contribution in [0.4, 0.5) is 10.5 Å². The van der Waals surface area contributed by atoms with Crippen LogP contribution in [-0.4, -0.2) is 77.2 Å². The second-order valence-electron chi connectivity index (χ2n) is 10.1. The number of carbonyl (C=O) groups excluding carboxylic acids is 4. The van der Waals surface area contributed by atoms with Crippen LogP contribution in [0.1, 0.15) is 32.9 Å². The van der Waals surface area contributed by atoms with E-state index in [0.717, 1.165) is 50.6 Å². The standard InChI is InChI=1S/C31H32N4O5S/c1-20-10-11-23(30(38)40-4)17-26(20)35-21(2)16-24(22(35)3)18-27-29(37)34(31(39)41-27)19-28(36)33-14-12-32(13-15-33)25-8-6-5-7-9-25/h5-11,16-18H,12-15,19H2,1-4H3/b27-18+. The van der Waals surface area contributed by atoms with E-state index >= 15 is 0 Å². The third kappa shape index (κ3) is 5.65. The van der Waals surface area contributed by atoms with E-state index in [1.165, 1.54) is 7.11 Å². The summed E-state index contributed by atoms with van der Waals surface area (Å²) in [5.41, 5.74) is 5.88. The van der Waals surface area contributed by atoms with Gasteiger partial charge in [-0.05, 0) is 80.1 Å². The monoisotopic (exact) mass is 572 g/mol. The number of esters is 1. The zero-order valence-electron chi connectivity index (χ0n) is 23.5. The molecule has 0 bridgehead atoms. The van der Waals surface area contributed by atoms with Gasteiger partial charge in [0, 0.05) is 48.9 Å². The Balaban J connectivity index is 1.29. The first kappa shape index (κ1) is 28.2. The molecule has 1 aromatic heterocycles. The molecule has 0 radical (unpaired) electrons. The molecular weight excluding hydrogens is 540 g/mol. The SMILES string of the molecule is COC(=O)c1ccc(C)c(-n2c(C)cc(/C=C3/SC(=O)N(CC(=O)N4CCN(c5ccccc5)CC4)C3=O)c2C)c1. The molecule has 41 heavy (non-hydrogen) atoms. The quantitative estimate of drug-likeness (QED) is 0.316. The van der Waals surface area contributed by atoms with Gasteiger partial charge in [-0.2, -0.15) is 0 Å². The van der Waals surface area contributed by atoms with Gasteiger partial charge in [-0.1, -0.05) is 24.3 Å². The molecule has 2 aliphatic rings. The van der Waals surface area contributed by atoms with Crippen molar-refractivity contribution in [2.24, 2.45) is 0 Å². The Hall–Kier alpha value is -4.31. The topological polar surface area (TPSA) is 92.2 Å². The molecule has 10 heteroatoms. The maximum absolute atomic E-state index is 13.2. The van der Waals surface area contributed by atoms with Crippen LogP contribution in [0.3, 0.4) is 0 Å². The Labute approximate surface area is 243 Å². The number of hydrogen-bond acceptors (Lipinski definition) is 7. The number of carbonyl (C=O) groups is 4. The third-order valence-electron chi connectivity index (χ3n) is 7.55. The average molecular weight is 573 g/mol. The number of nitrogens with zero attached hydrogens (tertiary/aromatic N) is 4. The molecule has 0 atom stereocenters. The van der Waals surface area contributed by atoms with E-state index in [2.05, 4.69) is 4.90 Å². The summed E-state index contributed by atoms with van der Waals surface area (Å²) in [6.07, 6.45) is 1.70. The van der Waals surface area contributed by atoms with Crippen molar-refractivity contribution in [1.82, 2.24) is 14.4 Å². The molecule has 2 aliphatic heterocycles. The highest BCUT2D eigenvalue weighted by atomic mass is 32.2. The van der Waals surface area contributed by atoms with Gasteiger partial charge in [-0.3, -0.25) is 19.3 Å². The fraction of sp³-hybridized carbons (Fsp3) is 0.290. The first-order valence-electron chi connectivity index (χ1n) is 13.4. The van der Waals surface area contributed by atoms with E-state index < -0.39 is 17.1 Å². The van der Waals surface area contributed by atoms with Gasteiger partial charge in [-0.15, -0.1) is 0 Å². The fourth-order valence-corrected chi connectivity index (χ4v) is 6.09. The molecule has 3 heterocycles. The number of imide groups is 1. The lowest BCUT2D eigenvalue weighted by Gasteiger charge is -2.36. The Morgan fingerprint density at radius 2 is 1.66 bits per heavy atom. The highest BCUT2D eigenvalue weighted by molar-refractivity contribution is 8.18. The van der Waals surface area contributed by atoms with Gasteiger partial charge < -0.3 is 19.1 Å². The van der Waals surface area contributed by atoms with Gasteiger partial charge >= 0.3 is 5.97 Å². The molecule has 0 unspecified atom stereocenters. The largest absolute Gasteiger partial charge is 0.465 e. The summed E-state index contributed by atoms with van der Waals surface area (Å²) in [5.74, 6) is -1.12. The minimum absolute atomic E-state index is 0.236. The van der Waals surface area contributed by atoms with Gasteiger partial charge in [0.15, 0.2) is 0 Å². The van der Waals surface area contributed by atoms with Gasteiger partial charge in [-0.25, -0.2) is 4.79 Å². The van der Waals surface area contributed by atoms with Crippen molar-refractivity contribution in [3.8, 4) is 5.69 Å². The van der Waals surface area contributed by atoms with Crippen molar-refractivity contribution in [3.63, 3.8) is 0 Å². The van der Waals surface area contributed by atoms with Crippen molar-refractivity contribution in [3.05, 3.63) is 87.6 Å². The molecule has 0 aliphatic carbocycles. The molecule has 5 rings (SSSR count). The average Bonchev–Trinajstić information content (AvgIpc) is 3.41. The fourth-order valence-electron chi connectivity index (χ4n) is 5.27. The van der Waals surface area contributed by atoms with Gasteiger partial charge in [0.1, 0.15) is 6.54 Å². The number of benzene rings is 2. The number of aromatic nitrogens is 1. The summed E-state index contributed by atoms with van der Waals surface area (Å²) >= 11 is 0.844. The van der Waals surface area contributed by atoms with Crippen molar-refractivity contribution < 1.29 is 23.9 Å². The lowest BCUT2D eigenvalue weighted by molar-refractivity contribution is -0.136. The van der Waals surface area contributed by atoms with E-state index in [9.17, 15) is 19.2 Å². The minimum atomic E-state index is -0.468. The van der Waals surface area contributed by atoms with E-state index in [1.54, 1.807) is 23.1 Å². The van der Waals surface area contributed by atoms with Crippen molar-refractivity contribution in [2.45, 2.75) is 20.8 Å². The maximum Gasteiger partial charge on any atom is 0.337 e. The van der Waals surface area contributed by atoms with Crippen molar-refractivity contribution in [2.75, 3.05) is 44.7 Å². The number of amides is 3. The van der Waals surface area contributed by atoms with E-state index in [0.29, 0.717) is 31.7 Å². The number of hydrogen-bond donors (Lipinski definition) is 0. The Kier molecular flexibility index (Phi) is 8.03. The predicted molar refractivity (Wildman–Crippen MR) is 159 cm³/mol. The first-order valence-corrected chi connectivity index (χ1v) is 14.2. The van der Waals surface area contributed by atoms with Crippen molar-refractivity contribution in [1.29, 1.82) is 0 Å². The molecule has 2 saturated heterocycles. The zero-order chi connectivity index (χ0) is 29.3. The number of ether oxygens (including phenoxy) is 1. The number of anilines is 1. The minimum Gasteiger partial charge on any atom is -0.465 e. The van der Waals surface area contributed by atoms with Crippen LogP contribution in [0.5, 0.6) is 0 Å². The molecule has 2 fully saturated rings. The molecule has 0 spiro atoms. The normalized spacial score (nSPS) is 16.6. The van der Waals surface area contributed by atoms with Gasteiger partial charge in [0.2, 0.25) is 5.91 Å². The number of para-hydroxylation sites is 1. The lowest BCUT2D eigenvalue weighted by atomic mass is 10.1. The summed E-state index contributed by atoms with van der Waals surface area (Å²) in [5, 5.41) is -0.451. The third-order valence-corrected chi connectivity index (χ3v) is 8.46. The van der Waals surface area contributed by atoms with Crippen molar-refractivity contribution >= 4 is 46.5 Å². The number of methoxy groups -OCH3 is 1. The van der Waals surface area contributed by atoms with E-state index in [1.807, 2.05) is 67.8 Å². The highest BCUT2D eigenvalue weighted by Crippen LogP contribution is 2.34. The first-order chi connectivity index (χ1) is 19.7. The van der Waals surface area contributed by atoms with Crippen LogP contribution in [0, 0.1) is 20.8 Å². The number of thioether (sulfide) groups is 1. The second kappa shape index (κ2) is 11.7. The summed E-state index contributed by atoms with van der Waals surface area (Å²) < 4.78 is 6.89. The summed E-state index contributed by atoms with van der Waals surface area (Å²) in [6, 6.07) is 17.3. The number of rotatable bonds is 6. The Bertz CT molecular complexity index is 1550. The number of aryl methyl sites for hydroxylation is 2. The molecule has 9 nitrogen and oxygen atoms in total. The molecule has 212 valence electrons. The summed E-state index contributed by atoms with van der Waals surface area (Å²) in [6.45, 7) is 7.99. The molecule has 3 aromatic rings. The van der Waals surface area contributed by atoms with Crippen LogP contribution in [0.2, 0.25) is 0 Å². The summed E-state index contributed by atoms with van der Waals surface area (Å²) in [4.78, 5) is 56.4. The van der Waals surface area contributed by atoms with Crippen LogP contribution in [0.25, 0.3) is 11.8 Å². The Morgan fingerprint density at radius 1 is 0.951 bits per heavy atom. The van der Waals surface area contributed by atoms with Gasteiger partial charge in [0.25, 0.3) is 11.1 Å². The smallest absolute Gasteiger partial charge is 0.337 e. The van der Waals surface area contributed by atoms with Crippen LogP contribution < -0.4 is 4.90 Å². The molecular formula is C31H32N4O5S.